The van der Waals surface area contributed by atoms with E-state index in [-0.39, 0.29) is 61.4 Å². The first-order valence-corrected chi connectivity index (χ1v) is 23.7. The van der Waals surface area contributed by atoms with Gasteiger partial charge in [0.05, 0.1) is 37.2 Å². The van der Waals surface area contributed by atoms with Crippen LogP contribution in [-0.4, -0.2) is 59.6 Å². The maximum Gasteiger partial charge on any atom is 0.307 e. The molecule has 3 saturated carbocycles. The number of carbonyl (C=O) groups excluding carboxylic acids is 4. The number of rotatable bonds is 17. The first-order chi connectivity index (χ1) is 28.6. The Morgan fingerprint density at radius 2 is 0.984 bits per heavy atom. The third-order valence-electron chi connectivity index (χ3n) is 11.8. The Labute approximate surface area is 379 Å². The summed E-state index contributed by atoms with van der Waals surface area (Å²) in [5.41, 5.74) is 2.78. The predicted molar refractivity (Wildman–Crippen MR) is 241 cm³/mol. The molecule has 12 nitrogen and oxygen atoms in total. The number of halogens is 1. The van der Waals surface area contributed by atoms with Crippen molar-refractivity contribution in [1.82, 2.24) is 10.3 Å². The van der Waals surface area contributed by atoms with Crippen LogP contribution in [0.3, 0.4) is 0 Å². The van der Waals surface area contributed by atoms with Gasteiger partial charge in [-0.1, -0.05) is 51.9 Å². The largest absolute Gasteiger partial charge is 0.469 e. The normalized spacial score (nSPS) is 21.3. The van der Waals surface area contributed by atoms with Crippen LogP contribution in [0.2, 0.25) is 0 Å². The molecule has 62 heavy (non-hydrogen) atoms. The molecular formula is C49H77BrN2O10. The van der Waals surface area contributed by atoms with Gasteiger partial charge in [0.1, 0.15) is 22.7 Å². The van der Waals surface area contributed by atoms with E-state index in [0.29, 0.717) is 53.1 Å². The topological polar surface area (TPSA) is 157 Å². The molecule has 0 unspecified atom stereocenters. The highest BCUT2D eigenvalue weighted by Crippen LogP contribution is 2.54. The van der Waals surface area contributed by atoms with Crippen LogP contribution >= 0.6 is 15.9 Å². The van der Waals surface area contributed by atoms with Crippen molar-refractivity contribution < 1.29 is 47.2 Å². The lowest BCUT2D eigenvalue weighted by molar-refractivity contribution is -0.156. The van der Waals surface area contributed by atoms with E-state index >= 15 is 0 Å². The van der Waals surface area contributed by atoms with Crippen LogP contribution in [0, 0.1) is 22.7 Å². The van der Waals surface area contributed by atoms with Gasteiger partial charge in [0.2, 0.25) is 0 Å². The molecule has 2 aromatic rings. The summed E-state index contributed by atoms with van der Waals surface area (Å²) in [6, 6.07) is 0. The molecule has 0 saturated heterocycles. The smallest absolute Gasteiger partial charge is 0.307 e. The van der Waals surface area contributed by atoms with Crippen molar-refractivity contribution in [3.05, 3.63) is 32.9 Å². The first kappa shape index (κ1) is 51.4. The predicted octanol–water partition coefficient (Wildman–Crippen LogP) is 12.4. The monoisotopic (exact) mass is 932 g/mol. The van der Waals surface area contributed by atoms with Gasteiger partial charge >= 0.3 is 23.9 Å². The summed E-state index contributed by atoms with van der Waals surface area (Å²) in [5, 5.41) is 8.87. The third-order valence-corrected chi connectivity index (χ3v) is 12.6. The summed E-state index contributed by atoms with van der Waals surface area (Å²) in [6.07, 6.45) is 10.9. The lowest BCUT2D eigenvalue weighted by Gasteiger charge is -2.38. The Balaban J connectivity index is 0.000000273. The van der Waals surface area contributed by atoms with Crippen molar-refractivity contribution in [2.24, 2.45) is 22.7 Å². The standard InChI is InChI=1S/C26H41NO5.C23H36BrNO5/c1-25(2,3)15-16-12-19(13-16)23-22(17-8-9-17)24(32-27-23)18(10-11-20(28)30-7)14-21(29)31-26(4,5)6;1-22(2,3)13-14-10-16(11-14)20-19(24)21(30-25-20)15(8-9-17(26)28-7)12-18(27)29-23(4,5)6/h16-19H,8-15H2,1-7H3;14-16H,8-13H2,1-7H3/t16?,18-,19?;14?,15-,16?/m00/s1. The van der Waals surface area contributed by atoms with Gasteiger partial charge in [0.15, 0.2) is 5.76 Å². The average Bonchev–Trinajstić information content (AvgIpc) is 3.74. The fourth-order valence-corrected chi connectivity index (χ4v) is 9.89. The highest BCUT2D eigenvalue weighted by atomic mass is 79.9. The molecule has 0 bridgehead atoms. The Morgan fingerprint density at radius 1 is 0.597 bits per heavy atom. The summed E-state index contributed by atoms with van der Waals surface area (Å²) in [4.78, 5) is 48.6. The summed E-state index contributed by atoms with van der Waals surface area (Å²) < 4.78 is 33.1. The van der Waals surface area contributed by atoms with Gasteiger partial charge in [-0.15, -0.1) is 0 Å². The highest BCUT2D eigenvalue weighted by Gasteiger charge is 2.43. The molecule has 0 N–H and O–H groups in total. The van der Waals surface area contributed by atoms with Gasteiger partial charge in [0.25, 0.3) is 0 Å². The number of aromatic nitrogens is 2. The van der Waals surface area contributed by atoms with Crippen LogP contribution in [0.5, 0.6) is 0 Å². The Morgan fingerprint density at radius 3 is 1.37 bits per heavy atom. The minimum Gasteiger partial charge on any atom is -0.469 e. The molecule has 0 amide bonds. The molecule has 3 aliphatic rings. The van der Waals surface area contributed by atoms with Crippen molar-refractivity contribution in [2.75, 3.05) is 14.2 Å². The van der Waals surface area contributed by atoms with Crippen molar-refractivity contribution in [2.45, 2.75) is 214 Å². The third kappa shape index (κ3) is 16.4. The van der Waals surface area contributed by atoms with E-state index in [2.05, 4.69) is 67.8 Å². The number of methoxy groups -OCH3 is 2. The molecule has 2 heterocycles. The molecule has 5 rings (SSSR count). The maximum absolute atomic E-state index is 12.6. The van der Waals surface area contributed by atoms with Gasteiger partial charge in [-0.3, -0.25) is 19.2 Å². The second-order valence-corrected chi connectivity index (χ2v) is 23.5. The van der Waals surface area contributed by atoms with Crippen molar-refractivity contribution in [1.29, 1.82) is 0 Å². The molecule has 0 spiro atoms. The zero-order chi connectivity index (χ0) is 46.4. The summed E-state index contributed by atoms with van der Waals surface area (Å²) in [6.45, 7) is 24.8. The van der Waals surface area contributed by atoms with Gasteiger partial charge < -0.3 is 28.0 Å². The number of ether oxygens (including phenoxy) is 4. The van der Waals surface area contributed by atoms with Gasteiger partial charge in [-0.2, -0.15) is 0 Å². The molecule has 0 aliphatic heterocycles. The van der Waals surface area contributed by atoms with Crippen LogP contribution in [0.15, 0.2) is 13.5 Å². The molecule has 2 aromatic heterocycles. The number of nitrogens with zero attached hydrogens (tertiary/aromatic N) is 2. The Kier molecular flexibility index (Phi) is 17.6. The molecule has 3 aliphatic carbocycles. The van der Waals surface area contributed by atoms with Crippen LogP contribution in [0.1, 0.15) is 231 Å². The molecular weight excluding hydrogens is 856 g/mol. The van der Waals surface area contributed by atoms with Crippen LogP contribution in [-0.2, 0) is 38.1 Å². The van der Waals surface area contributed by atoms with Gasteiger partial charge in [-0.05, 0) is 150 Å². The zero-order valence-electron chi connectivity index (χ0n) is 40.3. The van der Waals surface area contributed by atoms with Crippen LogP contribution in [0.4, 0.5) is 0 Å². The Hall–Kier alpha value is -3.22. The first-order valence-electron chi connectivity index (χ1n) is 22.9. The maximum atomic E-state index is 12.6. The van der Waals surface area contributed by atoms with E-state index in [4.69, 9.17) is 28.0 Å². The van der Waals surface area contributed by atoms with Crippen molar-refractivity contribution in [3.8, 4) is 0 Å². The SMILES string of the molecule is COC(=O)CC[C@@H](CC(=O)OC(C)(C)C)c1onc(C2CC(CC(C)(C)C)C2)c1Br.COC(=O)CC[C@@H](CC(=O)OC(C)(C)C)c1onc(C2CC(CC(C)(C)C)C2)c1C1CC1. The van der Waals surface area contributed by atoms with E-state index in [1.165, 1.54) is 32.6 Å². The van der Waals surface area contributed by atoms with Crippen LogP contribution in [0.25, 0.3) is 0 Å². The number of hydrogen-bond donors (Lipinski definition) is 0. The molecule has 0 aromatic carbocycles. The molecule has 3 fully saturated rings. The number of esters is 4. The van der Waals surface area contributed by atoms with Gasteiger partial charge in [-0.25, -0.2) is 0 Å². The number of carbonyl (C=O) groups is 4. The second-order valence-electron chi connectivity index (χ2n) is 22.7. The second kappa shape index (κ2) is 21.2. The quantitative estimate of drug-likeness (QED) is 0.109. The van der Waals surface area contributed by atoms with E-state index < -0.39 is 11.2 Å². The average molecular weight is 934 g/mol. The highest BCUT2D eigenvalue weighted by molar-refractivity contribution is 9.10. The molecule has 0 radical (unpaired) electrons. The van der Waals surface area contributed by atoms with E-state index in [9.17, 15) is 19.2 Å². The fraction of sp³-hybridized carbons (Fsp3) is 0.796. The lowest BCUT2D eigenvalue weighted by atomic mass is 9.66. The summed E-state index contributed by atoms with van der Waals surface area (Å²) in [7, 11) is 2.75. The number of hydrogen-bond acceptors (Lipinski definition) is 12. The zero-order valence-corrected chi connectivity index (χ0v) is 41.9. The Bertz CT molecular complexity index is 1800. The molecule has 350 valence electrons. The van der Waals surface area contributed by atoms with E-state index in [1.807, 2.05) is 41.5 Å². The van der Waals surface area contributed by atoms with E-state index in [1.54, 1.807) is 0 Å². The summed E-state index contributed by atoms with van der Waals surface area (Å²) >= 11 is 3.66. The summed E-state index contributed by atoms with van der Waals surface area (Å²) in [5.74, 6) is 2.39. The van der Waals surface area contributed by atoms with E-state index in [0.717, 1.165) is 66.1 Å². The molecule has 13 heteroatoms. The van der Waals surface area contributed by atoms with Crippen LogP contribution < -0.4 is 0 Å². The van der Waals surface area contributed by atoms with Gasteiger partial charge in [0, 0.05) is 42.1 Å². The van der Waals surface area contributed by atoms with Crippen molar-refractivity contribution in [3.63, 3.8) is 0 Å². The van der Waals surface area contributed by atoms with Crippen molar-refractivity contribution >= 4 is 39.8 Å². The minimum absolute atomic E-state index is 0.124. The minimum atomic E-state index is -0.568. The fourth-order valence-electron chi connectivity index (χ4n) is 9.10. The lowest BCUT2D eigenvalue weighted by Crippen LogP contribution is -2.27. The molecule has 2 atom stereocenters.